The van der Waals surface area contributed by atoms with E-state index in [1.807, 2.05) is 30.3 Å². The Bertz CT molecular complexity index is 877. The second-order valence-electron chi connectivity index (χ2n) is 5.55. The van der Waals surface area contributed by atoms with Gasteiger partial charge in [-0.1, -0.05) is 42.5 Å². The van der Waals surface area contributed by atoms with Crippen LogP contribution in [0.2, 0.25) is 0 Å². The highest BCUT2D eigenvalue weighted by Gasteiger charge is 2.16. The molecule has 3 aromatic rings. The van der Waals surface area contributed by atoms with Crippen LogP contribution in [0.25, 0.3) is 0 Å². The van der Waals surface area contributed by atoms with Crippen LogP contribution in [0.1, 0.15) is 10.4 Å². The molecule has 0 atom stereocenters. The molecule has 27 heavy (non-hydrogen) atoms. The number of hydrogen-bond acceptors (Lipinski definition) is 5. The third-order valence-corrected chi connectivity index (χ3v) is 3.73. The Morgan fingerprint density at radius 3 is 2.04 bits per heavy atom. The zero-order valence-corrected chi connectivity index (χ0v) is 15.0. The molecule has 0 spiro atoms. The van der Waals surface area contributed by atoms with Gasteiger partial charge in [0.15, 0.2) is 11.5 Å². The average Bonchev–Trinajstić information content (AvgIpc) is 2.72. The highest BCUT2D eigenvalue weighted by molar-refractivity contribution is 5.94. The summed E-state index contributed by atoms with van der Waals surface area (Å²) in [5, 5.41) is 0. The third-order valence-electron chi connectivity index (χ3n) is 3.73. The Balaban J connectivity index is 1.62. The number of para-hydroxylation sites is 4. The second kappa shape index (κ2) is 9.29. The summed E-state index contributed by atoms with van der Waals surface area (Å²) in [6.07, 6.45) is 0. The van der Waals surface area contributed by atoms with Crippen LogP contribution < -0.4 is 18.9 Å². The quantitative estimate of drug-likeness (QED) is 0.337. The molecule has 0 N–H and O–H groups in total. The summed E-state index contributed by atoms with van der Waals surface area (Å²) in [7, 11) is 1.52. The van der Waals surface area contributed by atoms with Gasteiger partial charge in [-0.05, 0) is 36.4 Å². The van der Waals surface area contributed by atoms with Crippen LogP contribution in [0.3, 0.4) is 0 Å². The first kappa shape index (κ1) is 18.3. The van der Waals surface area contributed by atoms with Crippen LogP contribution >= 0.6 is 0 Å². The fourth-order valence-electron chi connectivity index (χ4n) is 2.45. The van der Waals surface area contributed by atoms with Gasteiger partial charge in [-0.15, -0.1) is 0 Å². The normalized spacial score (nSPS) is 10.1. The molecule has 0 aliphatic heterocycles. The van der Waals surface area contributed by atoms with E-state index in [0.29, 0.717) is 36.0 Å². The number of benzene rings is 3. The fourth-order valence-corrected chi connectivity index (χ4v) is 2.45. The predicted octanol–water partition coefficient (Wildman–Crippen LogP) is 4.37. The molecule has 0 fully saturated rings. The van der Waals surface area contributed by atoms with Gasteiger partial charge in [0.1, 0.15) is 30.3 Å². The summed E-state index contributed by atoms with van der Waals surface area (Å²) in [5.74, 6) is 1.53. The lowest BCUT2D eigenvalue weighted by atomic mass is 10.2. The molecule has 0 aromatic heterocycles. The predicted molar refractivity (Wildman–Crippen MR) is 102 cm³/mol. The van der Waals surface area contributed by atoms with Gasteiger partial charge in [0.05, 0.1) is 7.11 Å². The van der Waals surface area contributed by atoms with E-state index in [-0.39, 0.29) is 0 Å². The first-order chi connectivity index (χ1) is 13.3. The van der Waals surface area contributed by atoms with Crippen molar-refractivity contribution in [3.63, 3.8) is 0 Å². The van der Waals surface area contributed by atoms with Gasteiger partial charge in [-0.3, -0.25) is 0 Å². The van der Waals surface area contributed by atoms with Gasteiger partial charge in [0.25, 0.3) is 0 Å². The molecule has 0 amide bonds. The van der Waals surface area contributed by atoms with E-state index in [9.17, 15) is 4.79 Å². The highest BCUT2D eigenvalue weighted by atomic mass is 16.6. The van der Waals surface area contributed by atoms with Crippen molar-refractivity contribution in [2.24, 2.45) is 0 Å². The molecule has 0 aliphatic carbocycles. The van der Waals surface area contributed by atoms with Gasteiger partial charge in [0.2, 0.25) is 0 Å². The summed E-state index contributed by atoms with van der Waals surface area (Å²) >= 11 is 0. The van der Waals surface area contributed by atoms with E-state index in [4.69, 9.17) is 18.9 Å². The van der Waals surface area contributed by atoms with E-state index < -0.39 is 5.97 Å². The maximum Gasteiger partial charge on any atom is 0.347 e. The molecular weight excluding hydrogens is 344 g/mol. The lowest BCUT2D eigenvalue weighted by Crippen LogP contribution is -2.14. The van der Waals surface area contributed by atoms with Crippen molar-refractivity contribution in [2.45, 2.75) is 0 Å². The Kier molecular flexibility index (Phi) is 6.30. The lowest BCUT2D eigenvalue weighted by molar-refractivity contribution is 0.0724. The van der Waals surface area contributed by atoms with Crippen molar-refractivity contribution in [2.75, 3.05) is 20.3 Å². The molecule has 3 aromatic carbocycles. The Morgan fingerprint density at radius 2 is 1.30 bits per heavy atom. The molecule has 0 saturated carbocycles. The molecule has 5 nitrogen and oxygen atoms in total. The molecule has 0 heterocycles. The van der Waals surface area contributed by atoms with Gasteiger partial charge in [-0.25, -0.2) is 4.79 Å². The summed E-state index contributed by atoms with van der Waals surface area (Å²) in [6, 6.07) is 23.4. The smallest absolute Gasteiger partial charge is 0.347 e. The molecule has 138 valence electrons. The maximum atomic E-state index is 12.6. The Hall–Kier alpha value is -3.47. The summed E-state index contributed by atoms with van der Waals surface area (Å²) in [6.45, 7) is 0.660. The van der Waals surface area contributed by atoms with Crippen molar-refractivity contribution in [1.29, 1.82) is 0 Å². The van der Waals surface area contributed by atoms with Gasteiger partial charge in [-0.2, -0.15) is 0 Å². The molecule has 0 aliphatic rings. The van der Waals surface area contributed by atoms with Crippen molar-refractivity contribution in [3.8, 4) is 23.0 Å². The molecule has 0 unspecified atom stereocenters. The number of carbonyl (C=O) groups is 1. The number of esters is 1. The molecule has 0 radical (unpaired) electrons. The summed E-state index contributed by atoms with van der Waals surface area (Å²) in [4.78, 5) is 12.6. The molecule has 3 rings (SSSR count). The minimum Gasteiger partial charge on any atom is -0.493 e. The second-order valence-corrected chi connectivity index (χ2v) is 5.55. The van der Waals surface area contributed by atoms with Crippen LogP contribution in [0.5, 0.6) is 23.0 Å². The minimum absolute atomic E-state index is 0.299. The van der Waals surface area contributed by atoms with Crippen LogP contribution in [0.15, 0.2) is 78.9 Å². The van der Waals surface area contributed by atoms with Crippen molar-refractivity contribution in [3.05, 3.63) is 84.4 Å². The topological polar surface area (TPSA) is 54.0 Å². The first-order valence-corrected chi connectivity index (χ1v) is 8.53. The zero-order chi connectivity index (χ0) is 18.9. The summed E-state index contributed by atoms with van der Waals surface area (Å²) in [5.41, 5.74) is 0.336. The lowest BCUT2D eigenvalue weighted by Gasteiger charge is -2.13. The SMILES string of the molecule is COc1ccccc1OC(=O)c1ccccc1OCCOc1ccccc1. The van der Waals surface area contributed by atoms with Crippen LogP contribution in [0, 0.1) is 0 Å². The van der Waals surface area contributed by atoms with Crippen molar-refractivity contribution >= 4 is 5.97 Å². The number of rotatable bonds is 8. The van der Waals surface area contributed by atoms with Gasteiger partial charge < -0.3 is 18.9 Å². The maximum absolute atomic E-state index is 12.6. The van der Waals surface area contributed by atoms with Crippen molar-refractivity contribution in [1.82, 2.24) is 0 Å². The minimum atomic E-state index is -0.515. The monoisotopic (exact) mass is 364 g/mol. The van der Waals surface area contributed by atoms with Gasteiger partial charge >= 0.3 is 5.97 Å². The Morgan fingerprint density at radius 1 is 0.704 bits per heavy atom. The van der Waals surface area contributed by atoms with E-state index in [0.717, 1.165) is 5.75 Å². The van der Waals surface area contributed by atoms with Crippen LogP contribution in [0.4, 0.5) is 0 Å². The number of methoxy groups -OCH3 is 1. The van der Waals surface area contributed by atoms with E-state index in [1.165, 1.54) is 7.11 Å². The largest absolute Gasteiger partial charge is 0.493 e. The van der Waals surface area contributed by atoms with Gasteiger partial charge in [0, 0.05) is 0 Å². The zero-order valence-electron chi connectivity index (χ0n) is 15.0. The number of carbonyl (C=O) groups excluding carboxylic acids is 1. The first-order valence-electron chi connectivity index (χ1n) is 8.53. The van der Waals surface area contributed by atoms with E-state index >= 15 is 0 Å². The molecule has 5 heteroatoms. The standard InChI is InChI=1S/C22H20O5/c1-24-20-13-7-8-14-21(20)27-22(23)18-11-5-6-12-19(18)26-16-15-25-17-9-3-2-4-10-17/h2-14H,15-16H2,1H3. The van der Waals surface area contributed by atoms with E-state index in [2.05, 4.69) is 0 Å². The average molecular weight is 364 g/mol. The van der Waals surface area contributed by atoms with E-state index in [1.54, 1.807) is 48.5 Å². The summed E-state index contributed by atoms with van der Waals surface area (Å²) < 4.78 is 22.0. The fraction of sp³-hybridized carbons (Fsp3) is 0.136. The van der Waals surface area contributed by atoms with Crippen molar-refractivity contribution < 1.29 is 23.7 Å². The molecule has 0 bridgehead atoms. The Labute approximate surface area is 158 Å². The highest BCUT2D eigenvalue weighted by Crippen LogP contribution is 2.28. The van der Waals surface area contributed by atoms with Crippen LogP contribution in [-0.2, 0) is 0 Å². The number of hydrogen-bond donors (Lipinski definition) is 0. The third kappa shape index (κ3) is 5.01. The van der Waals surface area contributed by atoms with Crippen LogP contribution in [-0.4, -0.2) is 26.3 Å². The molecule has 0 saturated heterocycles. The number of ether oxygens (including phenoxy) is 4. The molecular formula is C22H20O5.